The van der Waals surface area contributed by atoms with Crippen LogP contribution in [0.15, 0.2) is 12.7 Å². The maximum atomic E-state index is 12.2. The molecule has 0 saturated carbocycles. The normalized spacial score (nSPS) is 13.7. The van der Waals surface area contributed by atoms with Gasteiger partial charge < -0.3 is 20.1 Å². The third-order valence-corrected chi connectivity index (χ3v) is 6.28. The maximum absolute atomic E-state index is 12.2. The van der Waals surface area contributed by atoms with Crippen molar-refractivity contribution in [3.05, 3.63) is 12.7 Å². The second kappa shape index (κ2) is 23.2. The molecule has 10 heteroatoms. The number of hydrogen-bond acceptors (Lipinski definition) is 8. The van der Waals surface area contributed by atoms with Crippen LogP contribution in [0.3, 0.4) is 0 Å². The summed E-state index contributed by atoms with van der Waals surface area (Å²) in [6.07, 6.45) is 14.7. The molecule has 0 heterocycles. The van der Waals surface area contributed by atoms with Gasteiger partial charge in [0, 0.05) is 19.4 Å². The average Bonchev–Trinajstić information content (AvgIpc) is 2.83. The van der Waals surface area contributed by atoms with Crippen LogP contribution in [-0.2, 0) is 32.7 Å². The fraction of sp³-hybridized carbons (Fsp3) is 0.840. The predicted octanol–water partition coefficient (Wildman–Crippen LogP) is 5.59. The van der Waals surface area contributed by atoms with E-state index in [1.807, 2.05) is 6.08 Å². The molecular formula is C25H48NO8P. The van der Waals surface area contributed by atoms with Gasteiger partial charge in [-0.25, -0.2) is 4.57 Å². The Morgan fingerprint density at radius 1 is 0.886 bits per heavy atom. The largest absolute Gasteiger partial charge is 0.472 e. The third kappa shape index (κ3) is 22.9. The van der Waals surface area contributed by atoms with Crippen molar-refractivity contribution in [3.8, 4) is 0 Å². The predicted molar refractivity (Wildman–Crippen MR) is 137 cm³/mol. The van der Waals surface area contributed by atoms with Crippen molar-refractivity contribution in [2.24, 2.45) is 5.73 Å². The molecule has 0 fully saturated rings. The van der Waals surface area contributed by atoms with Crippen molar-refractivity contribution in [1.29, 1.82) is 0 Å². The lowest BCUT2D eigenvalue weighted by atomic mass is 10.1. The van der Waals surface area contributed by atoms with E-state index in [2.05, 4.69) is 18.0 Å². The van der Waals surface area contributed by atoms with Gasteiger partial charge in [-0.3, -0.25) is 18.6 Å². The van der Waals surface area contributed by atoms with Gasteiger partial charge >= 0.3 is 19.8 Å². The van der Waals surface area contributed by atoms with Gasteiger partial charge in [0.05, 0.1) is 13.2 Å². The first-order valence-corrected chi connectivity index (χ1v) is 14.6. The van der Waals surface area contributed by atoms with Crippen molar-refractivity contribution in [3.63, 3.8) is 0 Å². The molecule has 0 spiro atoms. The van der Waals surface area contributed by atoms with E-state index < -0.39 is 32.5 Å². The number of hydrogen-bond donors (Lipinski definition) is 2. The maximum Gasteiger partial charge on any atom is 0.472 e. The molecule has 0 aromatic heterocycles. The summed E-state index contributed by atoms with van der Waals surface area (Å²) >= 11 is 0. The zero-order chi connectivity index (χ0) is 26.2. The second-order valence-corrected chi connectivity index (χ2v) is 10.1. The summed E-state index contributed by atoms with van der Waals surface area (Å²) in [5.74, 6) is -0.867. The molecule has 0 aromatic carbocycles. The molecule has 0 aliphatic heterocycles. The lowest BCUT2D eigenvalue weighted by Gasteiger charge is -2.19. The highest BCUT2D eigenvalue weighted by atomic mass is 31.2. The minimum atomic E-state index is -4.35. The Kier molecular flexibility index (Phi) is 22.3. The molecule has 0 saturated heterocycles. The van der Waals surface area contributed by atoms with Gasteiger partial charge in [-0.1, -0.05) is 70.8 Å². The zero-order valence-electron chi connectivity index (χ0n) is 21.6. The summed E-state index contributed by atoms with van der Waals surface area (Å²) in [7, 11) is -4.35. The minimum Gasteiger partial charge on any atom is -0.462 e. The Labute approximate surface area is 211 Å². The number of carbonyl (C=O) groups excluding carboxylic acids is 2. The Bertz CT molecular complexity index is 602. The number of esters is 2. The van der Waals surface area contributed by atoms with Crippen molar-refractivity contribution >= 4 is 19.8 Å². The Balaban J connectivity index is 4.42. The highest BCUT2D eigenvalue weighted by Gasteiger charge is 2.25. The number of unbranched alkanes of at least 4 members (excludes halogenated alkanes) is 11. The number of allylic oxidation sites excluding steroid dienone is 1. The van der Waals surface area contributed by atoms with Gasteiger partial charge in [0.15, 0.2) is 6.10 Å². The summed E-state index contributed by atoms with van der Waals surface area (Å²) in [4.78, 5) is 34.0. The first-order chi connectivity index (χ1) is 16.8. The number of phosphoric ester groups is 1. The van der Waals surface area contributed by atoms with E-state index in [-0.39, 0.29) is 32.6 Å². The molecule has 1 unspecified atom stereocenters. The SMILES string of the molecule is C=CCCCCCCCC(=O)O[C@H](COC(=O)CCCCCCCCC)COP(=O)(O)OCCN. The number of rotatable bonds is 25. The second-order valence-electron chi connectivity index (χ2n) is 8.65. The standard InChI is InChI=1S/C25H48NO8P/c1-3-5-7-9-11-13-15-17-24(27)31-21-23(22-33-35(29,30)32-20-19-26)34-25(28)18-16-14-12-10-8-6-4-2/h4,23H,2-3,5-22,26H2,1H3,(H,29,30)/t23-/m1/s1. The van der Waals surface area contributed by atoms with Crippen molar-refractivity contribution in [2.45, 2.75) is 109 Å². The first kappa shape index (κ1) is 33.8. The van der Waals surface area contributed by atoms with E-state index in [1.165, 1.54) is 25.7 Å². The average molecular weight is 522 g/mol. The molecule has 0 bridgehead atoms. The number of nitrogens with two attached hydrogens (primary N) is 1. The van der Waals surface area contributed by atoms with Crippen LogP contribution >= 0.6 is 7.82 Å². The molecular weight excluding hydrogens is 473 g/mol. The van der Waals surface area contributed by atoms with Crippen molar-refractivity contribution < 1.29 is 37.6 Å². The van der Waals surface area contributed by atoms with Crippen LogP contribution in [0.1, 0.15) is 103 Å². The molecule has 2 atom stereocenters. The Morgan fingerprint density at radius 2 is 1.46 bits per heavy atom. The van der Waals surface area contributed by atoms with E-state index in [4.69, 9.17) is 19.7 Å². The lowest BCUT2D eigenvalue weighted by molar-refractivity contribution is -0.161. The van der Waals surface area contributed by atoms with Gasteiger partial charge in [-0.05, 0) is 25.7 Å². The van der Waals surface area contributed by atoms with Gasteiger partial charge in [-0.15, -0.1) is 6.58 Å². The van der Waals surface area contributed by atoms with E-state index in [9.17, 15) is 19.0 Å². The van der Waals surface area contributed by atoms with E-state index >= 15 is 0 Å². The molecule has 3 N–H and O–H groups in total. The first-order valence-electron chi connectivity index (χ1n) is 13.1. The molecule has 0 radical (unpaired) electrons. The van der Waals surface area contributed by atoms with E-state index in [0.717, 1.165) is 51.4 Å². The summed E-state index contributed by atoms with van der Waals surface area (Å²) in [5.41, 5.74) is 5.27. The monoisotopic (exact) mass is 521 g/mol. The quantitative estimate of drug-likeness (QED) is 0.0682. The molecule has 0 aliphatic carbocycles. The van der Waals surface area contributed by atoms with Crippen molar-refractivity contribution in [2.75, 3.05) is 26.4 Å². The van der Waals surface area contributed by atoms with Crippen LogP contribution in [0.4, 0.5) is 0 Å². The minimum absolute atomic E-state index is 0.0517. The third-order valence-electron chi connectivity index (χ3n) is 5.30. The Hall–Kier alpha value is -1.25. The molecule has 9 nitrogen and oxygen atoms in total. The van der Waals surface area contributed by atoms with E-state index in [1.54, 1.807) is 0 Å². The molecule has 0 amide bonds. The highest BCUT2D eigenvalue weighted by molar-refractivity contribution is 7.47. The van der Waals surface area contributed by atoms with Crippen LogP contribution in [0.25, 0.3) is 0 Å². The number of phosphoric acid groups is 1. The van der Waals surface area contributed by atoms with Gasteiger partial charge in [0.25, 0.3) is 0 Å². The summed E-state index contributed by atoms with van der Waals surface area (Å²) < 4.78 is 32.1. The molecule has 0 rings (SSSR count). The van der Waals surface area contributed by atoms with E-state index in [0.29, 0.717) is 6.42 Å². The highest BCUT2D eigenvalue weighted by Crippen LogP contribution is 2.43. The smallest absolute Gasteiger partial charge is 0.462 e. The van der Waals surface area contributed by atoms with Crippen LogP contribution in [-0.4, -0.2) is 49.3 Å². The zero-order valence-corrected chi connectivity index (χ0v) is 22.5. The van der Waals surface area contributed by atoms with Gasteiger partial charge in [0.1, 0.15) is 6.61 Å². The number of carbonyl (C=O) groups is 2. The van der Waals surface area contributed by atoms with Crippen LogP contribution in [0, 0.1) is 0 Å². The molecule has 0 aromatic rings. The number of ether oxygens (including phenoxy) is 2. The lowest BCUT2D eigenvalue weighted by Crippen LogP contribution is -2.29. The van der Waals surface area contributed by atoms with Gasteiger partial charge in [0.2, 0.25) is 0 Å². The summed E-state index contributed by atoms with van der Waals surface area (Å²) in [6, 6.07) is 0. The van der Waals surface area contributed by atoms with Crippen LogP contribution in [0.2, 0.25) is 0 Å². The fourth-order valence-electron chi connectivity index (χ4n) is 3.32. The summed E-state index contributed by atoms with van der Waals surface area (Å²) in [6.45, 7) is 5.08. The molecule has 206 valence electrons. The molecule has 0 aliphatic rings. The van der Waals surface area contributed by atoms with Crippen molar-refractivity contribution in [1.82, 2.24) is 0 Å². The van der Waals surface area contributed by atoms with Crippen LogP contribution in [0.5, 0.6) is 0 Å². The topological polar surface area (TPSA) is 134 Å². The Morgan fingerprint density at radius 3 is 2.06 bits per heavy atom. The summed E-state index contributed by atoms with van der Waals surface area (Å²) in [5, 5.41) is 0. The molecule has 35 heavy (non-hydrogen) atoms. The van der Waals surface area contributed by atoms with Gasteiger partial charge in [-0.2, -0.15) is 0 Å². The van der Waals surface area contributed by atoms with Crippen LogP contribution < -0.4 is 5.73 Å². The fourth-order valence-corrected chi connectivity index (χ4v) is 4.08.